The van der Waals surface area contributed by atoms with Crippen LogP contribution in [0.5, 0.6) is 5.75 Å². The van der Waals surface area contributed by atoms with E-state index in [2.05, 4.69) is 10.1 Å². The number of rotatable bonds is 5. The van der Waals surface area contributed by atoms with E-state index < -0.39 is 29.2 Å². The molecule has 1 unspecified atom stereocenters. The number of likely N-dealkylation sites (tertiary alicyclic amines) is 1. The zero-order valence-corrected chi connectivity index (χ0v) is 17.4. The molecule has 0 radical (unpaired) electrons. The van der Waals surface area contributed by atoms with Gasteiger partial charge in [0.25, 0.3) is 0 Å². The zero-order chi connectivity index (χ0) is 23.8. The van der Waals surface area contributed by atoms with E-state index in [0.29, 0.717) is 11.5 Å². The number of nitrogens with zero attached hydrogens (tertiary/aromatic N) is 3. The summed E-state index contributed by atoms with van der Waals surface area (Å²) in [6.45, 7) is 0.534. The Bertz CT molecular complexity index is 1110. The lowest BCUT2D eigenvalue weighted by Gasteiger charge is -2.15. The van der Waals surface area contributed by atoms with Gasteiger partial charge in [0.1, 0.15) is 12.4 Å². The molecule has 176 valence electrons. The van der Waals surface area contributed by atoms with Gasteiger partial charge >= 0.3 is 12.4 Å². The van der Waals surface area contributed by atoms with Gasteiger partial charge in [-0.25, -0.2) is 0 Å². The highest BCUT2D eigenvalue weighted by molar-refractivity contribution is 5.59. The van der Waals surface area contributed by atoms with Gasteiger partial charge in [0.2, 0.25) is 11.7 Å². The Hall–Kier alpha value is -3.08. The molecule has 0 aliphatic carbocycles. The van der Waals surface area contributed by atoms with Crippen LogP contribution in [0.3, 0.4) is 0 Å². The normalized spacial score (nSPS) is 17.5. The molecule has 2 heterocycles. The molecule has 5 nitrogen and oxygen atoms in total. The van der Waals surface area contributed by atoms with Gasteiger partial charge in [-0.15, -0.1) is 0 Å². The van der Waals surface area contributed by atoms with Crippen LogP contribution in [-0.4, -0.2) is 28.6 Å². The minimum Gasteiger partial charge on any atom is -0.488 e. The molecule has 33 heavy (non-hydrogen) atoms. The van der Waals surface area contributed by atoms with Crippen LogP contribution < -0.4 is 4.74 Å². The van der Waals surface area contributed by atoms with Crippen LogP contribution in [0.4, 0.5) is 26.3 Å². The van der Waals surface area contributed by atoms with Gasteiger partial charge < -0.3 is 9.26 Å². The predicted octanol–water partition coefficient (Wildman–Crippen LogP) is 6.12. The molecule has 4 rings (SSSR count). The monoisotopic (exact) mass is 471 g/mol. The number of hydrogen-bond donors (Lipinski definition) is 0. The Balaban J connectivity index is 1.54. The van der Waals surface area contributed by atoms with Crippen molar-refractivity contribution < 1.29 is 35.6 Å². The first-order valence-electron chi connectivity index (χ1n) is 10.1. The van der Waals surface area contributed by atoms with Crippen molar-refractivity contribution in [2.45, 2.75) is 37.8 Å². The third kappa shape index (κ3) is 5.13. The van der Waals surface area contributed by atoms with Crippen LogP contribution in [-0.2, 0) is 19.0 Å². The zero-order valence-electron chi connectivity index (χ0n) is 17.4. The minimum absolute atomic E-state index is 0.0325. The second-order valence-corrected chi connectivity index (χ2v) is 7.79. The molecule has 0 amide bonds. The molecule has 1 aromatic heterocycles. The smallest absolute Gasteiger partial charge is 0.419 e. The van der Waals surface area contributed by atoms with Crippen molar-refractivity contribution in [2.24, 2.45) is 0 Å². The Morgan fingerprint density at radius 1 is 1.03 bits per heavy atom. The van der Waals surface area contributed by atoms with Crippen molar-refractivity contribution in [3.05, 3.63) is 65.0 Å². The number of aromatic nitrogens is 2. The molecule has 3 aromatic rings. The van der Waals surface area contributed by atoms with E-state index in [0.717, 1.165) is 55.8 Å². The van der Waals surface area contributed by atoms with E-state index >= 15 is 0 Å². The molecule has 1 saturated heterocycles. The van der Waals surface area contributed by atoms with Gasteiger partial charge in [-0.05, 0) is 62.3 Å². The summed E-state index contributed by atoms with van der Waals surface area (Å²) < 4.78 is 89.6. The highest BCUT2D eigenvalue weighted by atomic mass is 19.4. The fourth-order valence-corrected chi connectivity index (χ4v) is 3.68. The lowest BCUT2D eigenvalue weighted by Crippen LogP contribution is -2.17. The molecular weight excluding hydrogens is 452 g/mol. The summed E-state index contributed by atoms with van der Waals surface area (Å²) >= 11 is 0. The number of alkyl halides is 6. The Kier molecular flexibility index (Phi) is 6.08. The number of hydrogen-bond acceptors (Lipinski definition) is 5. The maximum atomic E-state index is 13.7. The maximum absolute atomic E-state index is 13.7. The predicted molar refractivity (Wildman–Crippen MR) is 105 cm³/mol. The number of benzene rings is 2. The molecule has 1 aliphatic heterocycles. The van der Waals surface area contributed by atoms with Crippen LogP contribution in [0.15, 0.2) is 47.0 Å². The first-order chi connectivity index (χ1) is 15.5. The van der Waals surface area contributed by atoms with E-state index in [1.54, 1.807) is 0 Å². The SMILES string of the molecule is CN1CCCC1c1nc(-c2ccc(OCc3ccc(C(F)(F)F)cc3)c(C(F)(F)F)c2)no1. The number of halogens is 6. The van der Waals surface area contributed by atoms with E-state index in [1.807, 2.05) is 11.9 Å². The van der Waals surface area contributed by atoms with Gasteiger partial charge in [0.05, 0.1) is 17.2 Å². The molecule has 0 N–H and O–H groups in total. The summed E-state index contributed by atoms with van der Waals surface area (Å²) in [5.74, 6) is -0.0725. The van der Waals surface area contributed by atoms with Crippen molar-refractivity contribution in [1.82, 2.24) is 15.0 Å². The van der Waals surface area contributed by atoms with E-state index in [4.69, 9.17) is 9.26 Å². The van der Waals surface area contributed by atoms with E-state index in [-0.39, 0.29) is 24.0 Å². The molecule has 11 heteroatoms. The largest absolute Gasteiger partial charge is 0.488 e. The summed E-state index contributed by atoms with van der Waals surface area (Å²) in [5, 5.41) is 3.83. The Morgan fingerprint density at radius 2 is 1.76 bits per heavy atom. The molecule has 0 spiro atoms. The minimum atomic E-state index is -4.73. The quantitative estimate of drug-likeness (QED) is 0.420. The standard InChI is InChI=1S/C22H19F6N3O2/c1-31-10-2-3-17(31)20-29-19(30-33-20)14-6-9-18(16(11-14)22(26,27)28)32-12-13-4-7-15(8-5-13)21(23,24)25/h4-9,11,17H,2-3,10,12H2,1H3. The van der Waals surface area contributed by atoms with Crippen LogP contribution in [0.25, 0.3) is 11.4 Å². The first kappa shape index (κ1) is 23.1. The highest BCUT2D eigenvalue weighted by Gasteiger charge is 2.36. The fraction of sp³-hybridized carbons (Fsp3) is 0.364. The summed E-state index contributed by atoms with van der Waals surface area (Å²) in [6, 6.07) is 7.33. The second kappa shape index (κ2) is 8.69. The average molecular weight is 471 g/mol. The number of ether oxygens (including phenoxy) is 1. The van der Waals surface area contributed by atoms with Crippen molar-refractivity contribution >= 4 is 0 Å². The van der Waals surface area contributed by atoms with Crippen molar-refractivity contribution in [1.29, 1.82) is 0 Å². The third-order valence-electron chi connectivity index (χ3n) is 5.47. The second-order valence-electron chi connectivity index (χ2n) is 7.79. The fourth-order valence-electron chi connectivity index (χ4n) is 3.68. The molecule has 1 fully saturated rings. The lowest BCUT2D eigenvalue weighted by molar-refractivity contribution is -0.139. The summed E-state index contributed by atoms with van der Waals surface area (Å²) in [6.07, 6.45) is -7.45. The molecule has 2 aromatic carbocycles. The van der Waals surface area contributed by atoms with Crippen LogP contribution >= 0.6 is 0 Å². The van der Waals surface area contributed by atoms with E-state index in [1.165, 1.54) is 6.07 Å². The summed E-state index contributed by atoms with van der Waals surface area (Å²) in [7, 11) is 1.91. The highest BCUT2D eigenvalue weighted by Crippen LogP contribution is 2.39. The summed E-state index contributed by atoms with van der Waals surface area (Å²) in [4.78, 5) is 6.31. The maximum Gasteiger partial charge on any atom is 0.419 e. The molecule has 0 bridgehead atoms. The van der Waals surface area contributed by atoms with Crippen molar-refractivity contribution in [3.63, 3.8) is 0 Å². The van der Waals surface area contributed by atoms with E-state index in [9.17, 15) is 26.3 Å². The Morgan fingerprint density at radius 3 is 2.36 bits per heavy atom. The van der Waals surface area contributed by atoms with Crippen LogP contribution in [0.1, 0.15) is 41.5 Å². The average Bonchev–Trinajstić information content (AvgIpc) is 3.40. The van der Waals surface area contributed by atoms with Gasteiger partial charge in [0, 0.05) is 5.56 Å². The van der Waals surface area contributed by atoms with Crippen molar-refractivity contribution in [3.8, 4) is 17.1 Å². The summed E-state index contributed by atoms with van der Waals surface area (Å²) in [5.41, 5.74) is -1.49. The Labute approximate surface area is 185 Å². The third-order valence-corrected chi connectivity index (χ3v) is 5.47. The topological polar surface area (TPSA) is 51.4 Å². The van der Waals surface area contributed by atoms with Crippen LogP contribution in [0, 0.1) is 0 Å². The van der Waals surface area contributed by atoms with Gasteiger partial charge in [-0.1, -0.05) is 17.3 Å². The lowest BCUT2D eigenvalue weighted by atomic mass is 10.1. The molecule has 1 atom stereocenters. The molecular formula is C22H19F6N3O2. The first-order valence-corrected chi connectivity index (χ1v) is 10.1. The van der Waals surface area contributed by atoms with Gasteiger partial charge in [0.15, 0.2) is 0 Å². The molecule has 1 aliphatic rings. The van der Waals surface area contributed by atoms with Crippen LogP contribution in [0.2, 0.25) is 0 Å². The molecule has 0 saturated carbocycles. The van der Waals surface area contributed by atoms with Crippen molar-refractivity contribution in [2.75, 3.05) is 13.6 Å². The van der Waals surface area contributed by atoms with Gasteiger partial charge in [-0.2, -0.15) is 31.3 Å². The van der Waals surface area contributed by atoms with Gasteiger partial charge in [-0.3, -0.25) is 4.90 Å².